The summed E-state index contributed by atoms with van der Waals surface area (Å²) >= 11 is 5.20. The highest BCUT2D eigenvalue weighted by Gasteiger charge is 2.37. The van der Waals surface area contributed by atoms with Crippen molar-refractivity contribution in [1.29, 1.82) is 0 Å². The number of rotatable bonds is 1. The van der Waals surface area contributed by atoms with Crippen molar-refractivity contribution in [1.82, 2.24) is 9.55 Å². The minimum absolute atomic E-state index is 0.0532. The van der Waals surface area contributed by atoms with Gasteiger partial charge in [-0.2, -0.15) is 26.3 Å². The van der Waals surface area contributed by atoms with Crippen molar-refractivity contribution in [2.24, 2.45) is 0 Å². The maximum Gasteiger partial charge on any atom is 0.435 e. The van der Waals surface area contributed by atoms with Crippen LogP contribution in [0.1, 0.15) is 11.3 Å². The molecule has 0 aliphatic heterocycles. The Balaban J connectivity index is 2.71. The Hall–Kier alpha value is -2.17. The molecule has 0 bridgehead atoms. The van der Waals surface area contributed by atoms with Gasteiger partial charge in [-0.05, 0) is 12.1 Å². The normalized spacial score (nSPS) is 12.5. The highest BCUT2D eigenvalue weighted by atomic mass is 35.5. The molecule has 0 radical (unpaired) electrons. The zero-order valence-corrected chi connectivity index (χ0v) is 11.7. The highest BCUT2D eigenvalue weighted by Crippen LogP contribution is 2.33. The molecule has 12 heteroatoms. The second-order valence-corrected chi connectivity index (χ2v) is 4.74. The fourth-order valence-electron chi connectivity index (χ4n) is 1.75. The van der Waals surface area contributed by atoms with E-state index in [-0.39, 0.29) is 23.0 Å². The number of benzene rings is 1. The summed E-state index contributed by atoms with van der Waals surface area (Å²) in [6, 6.07) is -0.229. The van der Waals surface area contributed by atoms with E-state index in [9.17, 15) is 39.9 Å². The lowest BCUT2D eigenvalue weighted by Crippen LogP contribution is -2.26. The molecule has 2 rings (SSSR count). The number of halogens is 9. The summed E-state index contributed by atoms with van der Waals surface area (Å²) in [6.07, 6.45) is -10.1. The van der Waals surface area contributed by atoms with Gasteiger partial charge in [0.25, 0.3) is 5.56 Å². The van der Waals surface area contributed by atoms with Gasteiger partial charge in [0, 0.05) is 0 Å². The molecular weight excluding hydrogens is 376 g/mol. The highest BCUT2D eigenvalue weighted by molar-refractivity contribution is 6.31. The third-order valence-corrected chi connectivity index (χ3v) is 3.11. The molecule has 0 saturated carbocycles. The number of hydrogen-bond acceptors (Lipinski definition) is 2. The molecule has 0 amide bonds. The third-order valence-electron chi connectivity index (χ3n) is 2.77. The Kier molecular flexibility index (Phi) is 4.33. The standard InChI is InChI=1S/C12H3ClF8N2O/c13-7-9(12(19,20)21)22-3-23(10(7)24)8-5(14)1-4(2-6(8)15)11(16,17)18/h1-3H. The summed E-state index contributed by atoms with van der Waals surface area (Å²) in [6.45, 7) is 0. The second-order valence-electron chi connectivity index (χ2n) is 4.37. The van der Waals surface area contributed by atoms with Crippen molar-refractivity contribution in [3.63, 3.8) is 0 Å². The SMILES string of the molecule is O=c1c(Cl)c(C(F)(F)F)ncn1-c1c(F)cc(C(F)(F)F)cc1F. The van der Waals surface area contributed by atoms with Crippen molar-refractivity contribution in [3.8, 4) is 5.69 Å². The smallest absolute Gasteiger partial charge is 0.267 e. The molecule has 1 aromatic heterocycles. The largest absolute Gasteiger partial charge is 0.435 e. The fraction of sp³-hybridized carbons (Fsp3) is 0.167. The number of hydrogen-bond donors (Lipinski definition) is 0. The summed E-state index contributed by atoms with van der Waals surface area (Å²) in [5.74, 6) is -3.66. The molecule has 24 heavy (non-hydrogen) atoms. The Morgan fingerprint density at radius 2 is 1.46 bits per heavy atom. The first kappa shape index (κ1) is 18.2. The lowest BCUT2D eigenvalue weighted by atomic mass is 10.1. The van der Waals surface area contributed by atoms with Gasteiger partial charge in [0.1, 0.15) is 17.0 Å². The van der Waals surface area contributed by atoms with E-state index in [0.717, 1.165) is 0 Å². The quantitative estimate of drug-likeness (QED) is 0.697. The molecule has 0 spiro atoms. The summed E-state index contributed by atoms with van der Waals surface area (Å²) in [4.78, 5) is 14.5. The van der Waals surface area contributed by atoms with Crippen LogP contribution in [0.15, 0.2) is 23.3 Å². The van der Waals surface area contributed by atoms with Crippen molar-refractivity contribution < 1.29 is 35.1 Å². The van der Waals surface area contributed by atoms with Gasteiger partial charge in [0.2, 0.25) is 0 Å². The zero-order chi connectivity index (χ0) is 18.4. The van der Waals surface area contributed by atoms with E-state index in [4.69, 9.17) is 11.6 Å². The van der Waals surface area contributed by atoms with E-state index in [1.165, 1.54) is 0 Å². The third kappa shape index (κ3) is 3.21. The molecule has 3 nitrogen and oxygen atoms in total. The average Bonchev–Trinajstić information content (AvgIpc) is 2.40. The van der Waals surface area contributed by atoms with E-state index in [1.807, 2.05) is 0 Å². The van der Waals surface area contributed by atoms with E-state index >= 15 is 0 Å². The Labute approximate surface area is 132 Å². The first-order valence-corrected chi connectivity index (χ1v) is 6.12. The molecule has 0 unspecified atom stereocenters. The molecule has 130 valence electrons. The topological polar surface area (TPSA) is 34.9 Å². The molecule has 0 aliphatic carbocycles. The summed E-state index contributed by atoms with van der Waals surface area (Å²) < 4.78 is 102. The summed E-state index contributed by atoms with van der Waals surface area (Å²) in [5, 5.41) is -1.48. The molecular formula is C12H3ClF8N2O. The van der Waals surface area contributed by atoms with Crippen LogP contribution in [0.4, 0.5) is 35.1 Å². The Morgan fingerprint density at radius 1 is 0.958 bits per heavy atom. The number of alkyl halides is 6. The van der Waals surface area contributed by atoms with Gasteiger partial charge in [0.05, 0.1) is 5.56 Å². The van der Waals surface area contributed by atoms with Gasteiger partial charge in [-0.3, -0.25) is 9.36 Å². The summed E-state index contributed by atoms with van der Waals surface area (Å²) in [5.41, 5.74) is -6.51. The van der Waals surface area contributed by atoms with Crippen molar-refractivity contribution in [2.75, 3.05) is 0 Å². The van der Waals surface area contributed by atoms with Crippen LogP contribution in [0.2, 0.25) is 5.02 Å². The van der Waals surface area contributed by atoms with Gasteiger partial charge in [-0.25, -0.2) is 13.8 Å². The average molecular weight is 379 g/mol. The van der Waals surface area contributed by atoms with Gasteiger partial charge in [-0.15, -0.1) is 0 Å². The Bertz CT molecular complexity index is 833. The summed E-state index contributed by atoms with van der Waals surface area (Å²) in [7, 11) is 0. The maximum atomic E-state index is 13.8. The molecule has 0 N–H and O–H groups in total. The minimum atomic E-state index is -5.10. The number of aromatic nitrogens is 2. The van der Waals surface area contributed by atoms with Gasteiger partial charge in [-0.1, -0.05) is 11.6 Å². The molecule has 0 aliphatic rings. The van der Waals surface area contributed by atoms with Crippen LogP contribution in [0.3, 0.4) is 0 Å². The van der Waals surface area contributed by atoms with Crippen LogP contribution >= 0.6 is 11.6 Å². The Morgan fingerprint density at radius 3 is 1.88 bits per heavy atom. The molecule has 0 atom stereocenters. The van der Waals surface area contributed by atoms with Crippen LogP contribution in [-0.4, -0.2) is 9.55 Å². The number of nitrogens with zero attached hydrogens (tertiary/aromatic N) is 2. The lowest BCUT2D eigenvalue weighted by Gasteiger charge is -2.13. The van der Waals surface area contributed by atoms with Gasteiger partial charge >= 0.3 is 12.4 Å². The van der Waals surface area contributed by atoms with Gasteiger partial charge < -0.3 is 0 Å². The first-order chi connectivity index (χ1) is 10.8. The molecule has 0 fully saturated rings. The predicted octanol–water partition coefficient (Wildman–Crippen LogP) is 4.20. The lowest BCUT2D eigenvalue weighted by molar-refractivity contribution is -0.141. The van der Waals surface area contributed by atoms with Crippen LogP contribution in [-0.2, 0) is 12.4 Å². The van der Waals surface area contributed by atoms with Crippen LogP contribution in [0, 0.1) is 11.6 Å². The van der Waals surface area contributed by atoms with Crippen molar-refractivity contribution in [3.05, 3.63) is 56.7 Å². The van der Waals surface area contributed by atoms with E-state index in [1.54, 1.807) is 0 Å². The molecule has 1 aromatic carbocycles. The van der Waals surface area contributed by atoms with Gasteiger partial charge in [0.15, 0.2) is 17.3 Å². The molecule has 1 heterocycles. The zero-order valence-electron chi connectivity index (χ0n) is 10.9. The van der Waals surface area contributed by atoms with Crippen molar-refractivity contribution in [2.45, 2.75) is 12.4 Å². The second kappa shape index (κ2) is 5.72. The van der Waals surface area contributed by atoms with E-state index in [0.29, 0.717) is 0 Å². The first-order valence-electron chi connectivity index (χ1n) is 5.75. The van der Waals surface area contributed by atoms with Crippen LogP contribution in [0.5, 0.6) is 0 Å². The molecule has 0 saturated heterocycles. The molecule has 2 aromatic rings. The maximum absolute atomic E-state index is 13.8. The van der Waals surface area contributed by atoms with Crippen LogP contribution in [0.25, 0.3) is 5.69 Å². The van der Waals surface area contributed by atoms with Crippen LogP contribution < -0.4 is 5.56 Å². The predicted molar refractivity (Wildman–Crippen MR) is 64.8 cm³/mol. The van der Waals surface area contributed by atoms with E-state index < -0.39 is 51.5 Å². The minimum Gasteiger partial charge on any atom is -0.267 e. The van der Waals surface area contributed by atoms with Crippen molar-refractivity contribution >= 4 is 11.6 Å². The fourth-order valence-corrected chi connectivity index (χ4v) is 1.99. The van der Waals surface area contributed by atoms with E-state index in [2.05, 4.69) is 4.98 Å². The monoisotopic (exact) mass is 378 g/mol.